The molecule has 0 atom stereocenters. The Bertz CT molecular complexity index is 310. The molecule has 0 bridgehead atoms. The van der Waals surface area contributed by atoms with Gasteiger partial charge in [-0.25, -0.2) is 0 Å². The Balaban J connectivity index is 1.90. The molecule has 14 heavy (non-hydrogen) atoms. The van der Waals surface area contributed by atoms with Gasteiger partial charge < -0.3 is 9.73 Å². The molecular weight excluding hydrogens is 174 g/mol. The molecular formula is C12H19NO. The second-order valence-corrected chi connectivity index (χ2v) is 4.88. The number of hydrogen-bond donors (Lipinski definition) is 1. The highest BCUT2D eigenvalue weighted by Crippen LogP contribution is 2.39. The Morgan fingerprint density at radius 2 is 2.21 bits per heavy atom. The molecule has 0 saturated heterocycles. The summed E-state index contributed by atoms with van der Waals surface area (Å²) >= 11 is 0. The van der Waals surface area contributed by atoms with E-state index in [2.05, 4.69) is 26.1 Å². The van der Waals surface area contributed by atoms with E-state index in [0.717, 1.165) is 18.2 Å². The lowest BCUT2D eigenvalue weighted by atomic mass is 9.99. The Morgan fingerprint density at radius 1 is 1.50 bits per heavy atom. The van der Waals surface area contributed by atoms with Gasteiger partial charge in [-0.15, -0.1) is 0 Å². The van der Waals surface area contributed by atoms with Crippen molar-refractivity contribution in [3.05, 3.63) is 23.7 Å². The predicted molar refractivity (Wildman–Crippen MR) is 57.1 cm³/mol. The van der Waals surface area contributed by atoms with Crippen LogP contribution in [0.25, 0.3) is 0 Å². The summed E-state index contributed by atoms with van der Waals surface area (Å²) in [5.74, 6) is 1.93. The van der Waals surface area contributed by atoms with Crippen LogP contribution in [0.4, 0.5) is 0 Å². The largest absolute Gasteiger partial charge is 0.468 e. The molecule has 1 aromatic rings. The Hall–Kier alpha value is -0.760. The minimum Gasteiger partial charge on any atom is -0.468 e. The SMILES string of the molecule is Cc1ccoc1CNC(C)(C)C1CC1. The van der Waals surface area contributed by atoms with Crippen LogP contribution in [0.5, 0.6) is 0 Å². The summed E-state index contributed by atoms with van der Waals surface area (Å²) in [6.07, 6.45) is 4.50. The normalized spacial score (nSPS) is 17.4. The summed E-state index contributed by atoms with van der Waals surface area (Å²) in [7, 11) is 0. The van der Waals surface area contributed by atoms with E-state index < -0.39 is 0 Å². The van der Waals surface area contributed by atoms with Crippen molar-refractivity contribution < 1.29 is 4.42 Å². The molecule has 2 nitrogen and oxygen atoms in total. The number of aryl methyl sites for hydroxylation is 1. The summed E-state index contributed by atoms with van der Waals surface area (Å²) in [4.78, 5) is 0. The van der Waals surface area contributed by atoms with Gasteiger partial charge in [0.05, 0.1) is 12.8 Å². The van der Waals surface area contributed by atoms with Crippen molar-refractivity contribution in [3.8, 4) is 0 Å². The molecule has 1 aliphatic rings. The third kappa shape index (κ3) is 2.01. The van der Waals surface area contributed by atoms with Gasteiger partial charge in [-0.2, -0.15) is 0 Å². The van der Waals surface area contributed by atoms with Crippen LogP contribution in [0.1, 0.15) is 38.0 Å². The number of rotatable bonds is 4. The number of hydrogen-bond acceptors (Lipinski definition) is 2. The number of nitrogens with one attached hydrogen (secondary N) is 1. The average Bonchev–Trinajstić information content (AvgIpc) is 2.89. The van der Waals surface area contributed by atoms with Gasteiger partial charge in [-0.05, 0) is 51.2 Å². The topological polar surface area (TPSA) is 25.2 Å². The smallest absolute Gasteiger partial charge is 0.120 e. The molecule has 1 fully saturated rings. The molecule has 0 aromatic carbocycles. The van der Waals surface area contributed by atoms with Crippen molar-refractivity contribution in [2.75, 3.05) is 0 Å². The molecule has 0 aliphatic heterocycles. The van der Waals surface area contributed by atoms with Crippen LogP contribution < -0.4 is 5.32 Å². The van der Waals surface area contributed by atoms with Crippen LogP contribution in [0.3, 0.4) is 0 Å². The lowest BCUT2D eigenvalue weighted by Crippen LogP contribution is -2.40. The quantitative estimate of drug-likeness (QED) is 0.795. The van der Waals surface area contributed by atoms with Gasteiger partial charge in [0.2, 0.25) is 0 Å². The first-order chi connectivity index (χ1) is 6.59. The van der Waals surface area contributed by atoms with Gasteiger partial charge in [0.25, 0.3) is 0 Å². The van der Waals surface area contributed by atoms with E-state index in [9.17, 15) is 0 Å². The van der Waals surface area contributed by atoms with Crippen LogP contribution in [-0.4, -0.2) is 5.54 Å². The summed E-state index contributed by atoms with van der Waals surface area (Å²) in [5.41, 5.74) is 1.50. The minimum atomic E-state index is 0.263. The van der Waals surface area contributed by atoms with Gasteiger partial charge in [0.15, 0.2) is 0 Å². The maximum Gasteiger partial charge on any atom is 0.120 e. The maximum absolute atomic E-state index is 5.40. The summed E-state index contributed by atoms with van der Waals surface area (Å²) < 4.78 is 5.40. The summed E-state index contributed by atoms with van der Waals surface area (Å²) in [6, 6.07) is 2.02. The molecule has 2 heteroatoms. The average molecular weight is 193 g/mol. The molecule has 0 amide bonds. The van der Waals surface area contributed by atoms with Gasteiger partial charge in [0, 0.05) is 5.54 Å². The highest BCUT2D eigenvalue weighted by atomic mass is 16.3. The lowest BCUT2D eigenvalue weighted by molar-refractivity contribution is 0.322. The van der Waals surface area contributed by atoms with Crippen molar-refractivity contribution in [1.29, 1.82) is 0 Å². The fourth-order valence-electron chi connectivity index (χ4n) is 1.84. The van der Waals surface area contributed by atoms with Crippen LogP contribution in [0, 0.1) is 12.8 Å². The van der Waals surface area contributed by atoms with Crippen LogP contribution in [0.2, 0.25) is 0 Å². The standard InChI is InChI=1S/C12H19NO/c1-9-6-7-14-11(9)8-13-12(2,3)10-4-5-10/h6-7,10,13H,4-5,8H2,1-3H3. The molecule has 0 spiro atoms. The van der Waals surface area contributed by atoms with Crippen molar-refractivity contribution >= 4 is 0 Å². The maximum atomic E-state index is 5.40. The summed E-state index contributed by atoms with van der Waals surface area (Å²) in [5, 5.41) is 3.57. The van der Waals surface area contributed by atoms with Crippen molar-refractivity contribution in [3.63, 3.8) is 0 Å². The first-order valence-electron chi connectivity index (χ1n) is 5.37. The third-order valence-corrected chi connectivity index (χ3v) is 3.27. The fourth-order valence-corrected chi connectivity index (χ4v) is 1.84. The van der Waals surface area contributed by atoms with E-state index in [4.69, 9.17) is 4.42 Å². The van der Waals surface area contributed by atoms with Gasteiger partial charge in [-0.1, -0.05) is 0 Å². The molecule has 1 aromatic heterocycles. The number of furan rings is 1. The Labute approximate surface area is 85.7 Å². The van der Waals surface area contributed by atoms with E-state index >= 15 is 0 Å². The molecule has 78 valence electrons. The zero-order valence-electron chi connectivity index (χ0n) is 9.26. The molecule has 1 N–H and O–H groups in total. The molecule has 0 unspecified atom stereocenters. The molecule has 1 saturated carbocycles. The highest BCUT2D eigenvalue weighted by Gasteiger charge is 2.37. The first-order valence-corrected chi connectivity index (χ1v) is 5.37. The predicted octanol–water partition coefficient (Wildman–Crippen LogP) is 2.87. The van der Waals surface area contributed by atoms with Crippen molar-refractivity contribution in [2.24, 2.45) is 5.92 Å². The zero-order chi connectivity index (χ0) is 10.2. The van der Waals surface area contributed by atoms with Gasteiger partial charge in [0.1, 0.15) is 5.76 Å². The van der Waals surface area contributed by atoms with Crippen LogP contribution in [-0.2, 0) is 6.54 Å². The zero-order valence-corrected chi connectivity index (χ0v) is 9.26. The van der Waals surface area contributed by atoms with E-state index in [1.54, 1.807) is 6.26 Å². The Kier molecular flexibility index (Phi) is 2.40. The van der Waals surface area contributed by atoms with E-state index in [0.29, 0.717) is 0 Å². The van der Waals surface area contributed by atoms with E-state index in [1.807, 2.05) is 6.07 Å². The van der Waals surface area contributed by atoms with E-state index in [1.165, 1.54) is 18.4 Å². The minimum absolute atomic E-state index is 0.263. The van der Waals surface area contributed by atoms with Crippen molar-refractivity contribution in [1.82, 2.24) is 5.32 Å². The van der Waals surface area contributed by atoms with E-state index in [-0.39, 0.29) is 5.54 Å². The third-order valence-electron chi connectivity index (χ3n) is 3.27. The van der Waals surface area contributed by atoms with Gasteiger partial charge >= 0.3 is 0 Å². The molecule has 0 radical (unpaired) electrons. The van der Waals surface area contributed by atoms with Crippen LogP contribution >= 0.6 is 0 Å². The Morgan fingerprint density at radius 3 is 2.71 bits per heavy atom. The molecule has 2 rings (SSSR count). The lowest BCUT2D eigenvalue weighted by Gasteiger charge is -2.25. The second kappa shape index (κ2) is 3.43. The first kappa shape index (κ1) is 9.78. The monoisotopic (exact) mass is 193 g/mol. The molecule has 1 heterocycles. The van der Waals surface area contributed by atoms with Crippen LogP contribution in [0.15, 0.2) is 16.7 Å². The molecule has 1 aliphatic carbocycles. The summed E-state index contributed by atoms with van der Waals surface area (Å²) in [6.45, 7) is 7.50. The van der Waals surface area contributed by atoms with Crippen molar-refractivity contribution in [2.45, 2.75) is 45.7 Å². The second-order valence-electron chi connectivity index (χ2n) is 4.88. The fraction of sp³-hybridized carbons (Fsp3) is 0.667. The highest BCUT2D eigenvalue weighted by molar-refractivity contribution is 5.14. The van der Waals surface area contributed by atoms with Gasteiger partial charge in [-0.3, -0.25) is 0 Å².